The molecule has 0 atom stereocenters. The van der Waals surface area contributed by atoms with Crippen LogP contribution in [0.25, 0.3) is 0 Å². The lowest BCUT2D eigenvalue weighted by atomic mass is 10.1. The lowest BCUT2D eigenvalue weighted by Crippen LogP contribution is -2.13. The van der Waals surface area contributed by atoms with Crippen molar-refractivity contribution in [2.45, 2.75) is 26.2 Å². The van der Waals surface area contributed by atoms with E-state index in [1.165, 1.54) is 29.5 Å². The van der Waals surface area contributed by atoms with E-state index in [0.29, 0.717) is 6.42 Å². The maximum atomic E-state index is 11.8. The van der Waals surface area contributed by atoms with Crippen molar-refractivity contribution < 1.29 is 14.7 Å². The molecule has 0 saturated heterocycles. The SMILES string of the molecule is Cc1ccc(CCCC(=O)Nc2cc(C(=O)O)ccn2)cc1. The predicted octanol–water partition coefficient (Wildman–Crippen LogP) is 3.05. The molecule has 2 aromatic rings. The van der Waals surface area contributed by atoms with Gasteiger partial charge in [-0.1, -0.05) is 29.8 Å². The van der Waals surface area contributed by atoms with Crippen molar-refractivity contribution in [1.82, 2.24) is 4.98 Å². The Morgan fingerprint density at radius 1 is 1.18 bits per heavy atom. The number of aryl methyl sites for hydroxylation is 2. The molecule has 0 saturated carbocycles. The number of aromatic nitrogens is 1. The molecule has 22 heavy (non-hydrogen) atoms. The van der Waals surface area contributed by atoms with Gasteiger partial charge in [-0.2, -0.15) is 0 Å². The number of carbonyl (C=O) groups excluding carboxylic acids is 1. The molecule has 2 N–H and O–H groups in total. The molecule has 0 aliphatic heterocycles. The second kappa shape index (κ2) is 7.36. The van der Waals surface area contributed by atoms with Crippen LogP contribution >= 0.6 is 0 Å². The highest BCUT2D eigenvalue weighted by molar-refractivity contribution is 5.92. The van der Waals surface area contributed by atoms with Crippen LogP contribution in [0.4, 0.5) is 5.82 Å². The molecule has 2 rings (SSSR count). The summed E-state index contributed by atoms with van der Waals surface area (Å²) >= 11 is 0. The molecule has 1 aromatic heterocycles. The number of carboxylic acids is 1. The van der Waals surface area contributed by atoms with Crippen molar-refractivity contribution in [3.63, 3.8) is 0 Å². The summed E-state index contributed by atoms with van der Waals surface area (Å²) in [5, 5.41) is 11.5. The number of hydrogen-bond donors (Lipinski definition) is 2. The van der Waals surface area contributed by atoms with E-state index in [0.717, 1.165) is 12.8 Å². The van der Waals surface area contributed by atoms with Gasteiger partial charge >= 0.3 is 5.97 Å². The quantitative estimate of drug-likeness (QED) is 0.859. The minimum Gasteiger partial charge on any atom is -0.478 e. The van der Waals surface area contributed by atoms with Gasteiger partial charge < -0.3 is 10.4 Å². The molecule has 5 heteroatoms. The third kappa shape index (κ3) is 4.70. The van der Waals surface area contributed by atoms with E-state index in [1.807, 2.05) is 6.92 Å². The maximum Gasteiger partial charge on any atom is 0.335 e. The highest BCUT2D eigenvalue weighted by Gasteiger charge is 2.07. The largest absolute Gasteiger partial charge is 0.478 e. The first kappa shape index (κ1) is 15.7. The Morgan fingerprint density at radius 2 is 1.91 bits per heavy atom. The Kier molecular flexibility index (Phi) is 5.25. The molecule has 0 unspecified atom stereocenters. The van der Waals surface area contributed by atoms with Crippen molar-refractivity contribution in [3.05, 3.63) is 59.3 Å². The molecule has 0 fully saturated rings. The molecule has 0 aliphatic rings. The smallest absolute Gasteiger partial charge is 0.335 e. The van der Waals surface area contributed by atoms with E-state index >= 15 is 0 Å². The fourth-order valence-electron chi connectivity index (χ4n) is 2.05. The number of nitrogens with one attached hydrogen (secondary N) is 1. The average molecular weight is 298 g/mol. The summed E-state index contributed by atoms with van der Waals surface area (Å²) in [4.78, 5) is 26.6. The van der Waals surface area contributed by atoms with Crippen LogP contribution in [-0.4, -0.2) is 22.0 Å². The van der Waals surface area contributed by atoms with Crippen LogP contribution in [0, 0.1) is 6.92 Å². The van der Waals surface area contributed by atoms with Crippen LogP contribution in [0.2, 0.25) is 0 Å². The summed E-state index contributed by atoms with van der Waals surface area (Å²) in [5.74, 6) is -0.945. The zero-order chi connectivity index (χ0) is 15.9. The van der Waals surface area contributed by atoms with Crippen molar-refractivity contribution in [2.24, 2.45) is 0 Å². The number of rotatable bonds is 6. The van der Waals surface area contributed by atoms with Crippen molar-refractivity contribution in [1.29, 1.82) is 0 Å². The Balaban J connectivity index is 1.81. The van der Waals surface area contributed by atoms with Crippen LogP contribution in [0.15, 0.2) is 42.6 Å². The highest BCUT2D eigenvalue weighted by atomic mass is 16.4. The number of anilines is 1. The molecular weight excluding hydrogens is 280 g/mol. The van der Waals surface area contributed by atoms with Crippen LogP contribution in [-0.2, 0) is 11.2 Å². The van der Waals surface area contributed by atoms with E-state index in [4.69, 9.17) is 5.11 Å². The third-order valence-corrected chi connectivity index (χ3v) is 3.26. The molecule has 0 spiro atoms. The van der Waals surface area contributed by atoms with E-state index in [9.17, 15) is 9.59 Å². The monoisotopic (exact) mass is 298 g/mol. The lowest BCUT2D eigenvalue weighted by molar-refractivity contribution is -0.116. The normalized spacial score (nSPS) is 10.2. The molecule has 1 heterocycles. The van der Waals surface area contributed by atoms with Gasteiger partial charge in [-0.15, -0.1) is 0 Å². The van der Waals surface area contributed by atoms with Gasteiger partial charge in [0, 0.05) is 12.6 Å². The first-order valence-electron chi connectivity index (χ1n) is 7.09. The van der Waals surface area contributed by atoms with Gasteiger partial charge in [0.25, 0.3) is 0 Å². The molecule has 5 nitrogen and oxygen atoms in total. The van der Waals surface area contributed by atoms with Crippen molar-refractivity contribution in [2.75, 3.05) is 5.32 Å². The number of hydrogen-bond acceptors (Lipinski definition) is 3. The molecule has 0 bridgehead atoms. The van der Waals surface area contributed by atoms with Crippen LogP contribution in [0.1, 0.15) is 34.3 Å². The highest BCUT2D eigenvalue weighted by Crippen LogP contribution is 2.10. The summed E-state index contributed by atoms with van der Waals surface area (Å²) in [5.41, 5.74) is 2.51. The van der Waals surface area contributed by atoms with E-state index in [-0.39, 0.29) is 17.3 Å². The lowest BCUT2D eigenvalue weighted by Gasteiger charge is -2.05. The van der Waals surface area contributed by atoms with E-state index in [2.05, 4.69) is 34.6 Å². The Bertz CT molecular complexity index is 666. The fraction of sp³-hybridized carbons (Fsp3) is 0.235. The maximum absolute atomic E-state index is 11.8. The summed E-state index contributed by atoms with van der Waals surface area (Å²) in [6, 6.07) is 11.0. The summed E-state index contributed by atoms with van der Waals surface area (Å²) in [7, 11) is 0. The number of aromatic carboxylic acids is 1. The average Bonchev–Trinajstić information content (AvgIpc) is 2.49. The number of carboxylic acid groups (broad SMARTS) is 1. The Morgan fingerprint density at radius 3 is 2.59 bits per heavy atom. The van der Waals surface area contributed by atoms with E-state index < -0.39 is 5.97 Å². The molecule has 0 aliphatic carbocycles. The first-order chi connectivity index (χ1) is 10.5. The summed E-state index contributed by atoms with van der Waals surface area (Å²) in [6.07, 6.45) is 3.29. The van der Waals surface area contributed by atoms with E-state index in [1.54, 1.807) is 0 Å². The molecular formula is C17H18N2O3. The number of carbonyl (C=O) groups is 2. The first-order valence-corrected chi connectivity index (χ1v) is 7.09. The minimum atomic E-state index is -1.04. The summed E-state index contributed by atoms with van der Waals surface area (Å²) < 4.78 is 0. The number of amides is 1. The molecule has 114 valence electrons. The van der Waals surface area contributed by atoms with Crippen LogP contribution in [0.3, 0.4) is 0 Å². The van der Waals surface area contributed by atoms with Gasteiger partial charge in [-0.05, 0) is 37.5 Å². The van der Waals surface area contributed by atoms with Crippen molar-refractivity contribution in [3.8, 4) is 0 Å². The minimum absolute atomic E-state index is 0.102. The second-order valence-electron chi connectivity index (χ2n) is 5.12. The summed E-state index contributed by atoms with van der Waals surface area (Å²) in [6.45, 7) is 2.04. The predicted molar refractivity (Wildman–Crippen MR) is 83.9 cm³/mol. The zero-order valence-electron chi connectivity index (χ0n) is 12.4. The number of nitrogens with zero attached hydrogens (tertiary/aromatic N) is 1. The second-order valence-corrected chi connectivity index (χ2v) is 5.12. The van der Waals surface area contributed by atoms with Gasteiger partial charge in [0.2, 0.25) is 5.91 Å². The Hall–Kier alpha value is -2.69. The van der Waals surface area contributed by atoms with Crippen LogP contribution in [0.5, 0.6) is 0 Å². The van der Waals surface area contributed by atoms with Gasteiger partial charge in [-0.3, -0.25) is 4.79 Å². The molecule has 0 radical (unpaired) electrons. The van der Waals surface area contributed by atoms with Gasteiger partial charge in [0.1, 0.15) is 5.82 Å². The van der Waals surface area contributed by atoms with Gasteiger partial charge in [0.05, 0.1) is 5.56 Å². The standard InChI is InChI=1S/C17H18N2O3/c1-12-5-7-13(8-6-12)3-2-4-16(20)19-15-11-14(17(21)22)9-10-18-15/h5-11H,2-4H2,1H3,(H,21,22)(H,18,19,20). The fourth-order valence-corrected chi connectivity index (χ4v) is 2.05. The zero-order valence-corrected chi connectivity index (χ0v) is 12.4. The van der Waals surface area contributed by atoms with Gasteiger partial charge in [-0.25, -0.2) is 9.78 Å². The number of pyridine rings is 1. The number of benzene rings is 1. The van der Waals surface area contributed by atoms with Gasteiger partial charge in [0.15, 0.2) is 0 Å². The van der Waals surface area contributed by atoms with Crippen LogP contribution < -0.4 is 5.32 Å². The van der Waals surface area contributed by atoms with Crippen molar-refractivity contribution >= 4 is 17.7 Å². The Labute approximate surface area is 129 Å². The topological polar surface area (TPSA) is 79.3 Å². The molecule has 1 amide bonds. The third-order valence-electron chi connectivity index (χ3n) is 3.26. The molecule has 1 aromatic carbocycles.